The van der Waals surface area contributed by atoms with Gasteiger partial charge in [0.15, 0.2) is 0 Å². The Morgan fingerprint density at radius 2 is 2.06 bits per heavy atom. The largest absolute Gasteiger partial charge is 0.308 e. The van der Waals surface area contributed by atoms with Gasteiger partial charge in [-0.1, -0.05) is 0 Å². The molecule has 0 spiro atoms. The van der Waals surface area contributed by atoms with Crippen LogP contribution in [-0.2, 0) is 6.54 Å². The van der Waals surface area contributed by atoms with Crippen LogP contribution in [0.3, 0.4) is 0 Å². The first-order valence-electron chi connectivity index (χ1n) is 6.64. The smallest absolute Gasteiger partial charge is 0.115 e. The standard InChI is InChI=1S/C13H20N4/c1-2-13(1)17-7-4-11(5-8-17)15-9-12-3-6-14-10-16-12/h3,6,10-11,13,15H,1-2,4-5,7-9H2. The van der Waals surface area contributed by atoms with Gasteiger partial charge in [0.05, 0.1) is 5.69 Å². The molecular weight excluding hydrogens is 212 g/mol. The van der Waals surface area contributed by atoms with Crippen molar-refractivity contribution < 1.29 is 0 Å². The number of likely N-dealkylation sites (tertiary alicyclic amines) is 1. The van der Waals surface area contributed by atoms with Crippen LogP contribution in [-0.4, -0.2) is 40.0 Å². The van der Waals surface area contributed by atoms with E-state index >= 15 is 0 Å². The van der Waals surface area contributed by atoms with Gasteiger partial charge in [0, 0.05) is 24.8 Å². The lowest BCUT2D eigenvalue weighted by Crippen LogP contribution is -2.43. The topological polar surface area (TPSA) is 41.0 Å². The molecule has 0 bridgehead atoms. The van der Waals surface area contributed by atoms with Crippen LogP contribution in [0.2, 0.25) is 0 Å². The van der Waals surface area contributed by atoms with Crippen molar-refractivity contribution >= 4 is 0 Å². The summed E-state index contributed by atoms with van der Waals surface area (Å²) in [6.45, 7) is 3.41. The highest BCUT2D eigenvalue weighted by molar-refractivity contribution is 4.98. The first kappa shape index (κ1) is 11.1. The van der Waals surface area contributed by atoms with E-state index < -0.39 is 0 Å². The highest BCUT2D eigenvalue weighted by Crippen LogP contribution is 2.29. The van der Waals surface area contributed by atoms with Crippen molar-refractivity contribution in [2.75, 3.05) is 13.1 Å². The minimum absolute atomic E-state index is 0.667. The minimum atomic E-state index is 0.667. The van der Waals surface area contributed by atoms with Crippen molar-refractivity contribution in [1.82, 2.24) is 20.2 Å². The molecule has 1 aromatic heterocycles. The Kier molecular flexibility index (Phi) is 3.34. The number of hydrogen-bond donors (Lipinski definition) is 1. The first-order chi connectivity index (χ1) is 8.42. The van der Waals surface area contributed by atoms with Crippen LogP contribution in [0.1, 0.15) is 31.4 Å². The molecule has 3 rings (SSSR count). The molecule has 0 radical (unpaired) electrons. The Hall–Kier alpha value is -1.00. The van der Waals surface area contributed by atoms with E-state index in [1.165, 1.54) is 38.8 Å². The van der Waals surface area contributed by atoms with Crippen LogP contribution in [0.15, 0.2) is 18.6 Å². The van der Waals surface area contributed by atoms with Gasteiger partial charge < -0.3 is 10.2 Å². The fourth-order valence-electron chi connectivity index (χ4n) is 2.58. The van der Waals surface area contributed by atoms with Crippen molar-refractivity contribution in [3.8, 4) is 0 Å². The van der Waals surface area contributed by atoms with Crippen molar-refractivity contribution in [2.24, 2.45) is 0 Å². The molecule has 0 atom stereocenters. The molecule has 1 aliphatic carbocycles. The summed E-state index contributed by atoms with van der Waals surface area (Å²) in [7, 11) is 0. The maximum absolute atomic E-state index is 4.23. The zero-order valence-electron chi connectivity index (χ0n) is 10.2. The Labute approximate surface area is 102 Å². The lowest BCUT2D eigenvalue weighted by atomic mass is 10.0. The highest BCUT2D eigenvalue weighted by atomic mass is 15.2. The van der Waals surface area contributed by atoms with E-state index in [9.17, 15) is 0 Å². The SMILES string of the molecule is c1cc(CNC2CCN(C3CC3)CC2)ncn1. The summed E-state index contributed by atoms with van der Waals surface area (Å²) in [5.74, 6) is 0. The molecular formula is C13H20N4. The van der Waals surface area contributed by atoms with Gasteiger partial charge in [-0.2, -0.15) is 0 Å². The fourth-order valence-corrected chi connectivity index (χ4v) is 2.58. The lowest BCUT2D eigenvalue weighted by Gasteiger charge is -2.32. The van der Waals surface area contributed by atoms with Crippen LogP contribution in [0.4, 0.5) is 0 Å². The van der Waals surface area contributed by atoms with E-state index in [-0.39, 0.29) is 0 Å². The van der Waals surface area contributed by atoms with Gasteiger partial charge in [-0.05, 0) is 44.8 Å². The highest BCUT2D eigenvalue weighted by Gasteiger charge is 2.31. The van der Waals surface area contributed by atoms with Gasteiger partial charge in [-0.3, -0.25) is 0 Å². The molecule has 1 saturated carbocycles. The second-order valence-corrected chi connectivity index (χ2v) is 5.12. The molecule has 2 fully saturated rings. The lowest BCUT2D eigenvalue weighted by molar-refractivity contribution is 0.189. The molecule has 0 aromatic carbocycles. The van der Waals surface area contributed by atoms with Crippen LogP contribution in [0, 0.1) is 0 Å². The minimum Gasteiger partial charge on any atom is -0.308 e. The number of nitrogens with one attached hydrogen (secondary N) is 1. The van der Waals surface area contributed by atoms with Gasteiger partial charge in [0.2, 0.25) is 0 Å². The van der Waals surface area contributed by atoms with Crippen molar-refractivity contribution in [2.45, 2.75) is 44.3 Å². The van der Waals surface area contributed by atoms with Crippen LogP contribution < -0.4 is 5.32 Å². The molecule has 1 aromatic rings. The first-order valence-corrected chi connectivity index (χ1v) is 6.64. The second-order valence-electron chi connectivity index (χ2n) is 5.12. The maximum atomic E-state index is 4.23. The Morgan fingerprint density at radius 1 is 1.24 bits per heavy atom. The van der Waals surface area contributed by atoms with Gasteiger partial charge in [0.1, 0.15) is 6.33 Å². The summed E-state index contributed by atoms with van der Waals surface area (Å²) in [6, 6.07) is 3.57. The van der Waals surface area contributed by atoms with Crippen molar-refractivity contribution in [3.63, 3.8) is 0 Å². The summed E-state index contributed by atoms with van der Waals surface area (Å²) in [6.07, 6.45) is 8.84. The number of aromatic nitrogens is 2. The molecule has 1 N–H and O–H groups in total. The van der Waals surface area contributed by atoms with Crippen LogP contribution >= 0.6 is 0 Å². The quantitative estimate of drug-likeness (QED) is 0.846. The van der Waals surface area contributed by atoms with Crippen LogP contribution in [0.25, 0.3) is 0 Å². The van der Waals surface area contributed by atoms with E-state index in [0.29, 0.717) is 6.04 Å². The van der Waals surface area contributed by atoms with Gasteiger partial charge in [-0.25, -0.2) is 9.97 Å². The average molecular weight is 232 g/mol. The third-order valence-electron chi connectivity index (χ3n) is 3.81. The maximum Gasteiger partial charge on any atom is 0.115 e. The molecule has 2 aliphatic rings. The van der Waals surface area contributed by atoms with E-state index in [4.69, 9.17) is 0 Å². The Balaban J connectivity index is 1.41. The number of nitrogens with zero attached hydrogens (tertiary/aromatic N) is 3. The second kappa shape index (κ2) is 5.10. The van der Waals surface area contributed by atoms with E-state index in [0.717, 1.165) is 18.3 Å². The molecule has 0 unspecified atom stereocenters. The molecule has 4 heteroatoms. The predicted molar refractivity (Wildman–Crippen MR) is 66.5 cm³/mol. The van der Waals surface area contributed by atoms with Crippen molar-refractivity contribution in [3.05, 3.63) is 24.3 Å². The number of rotatable bonds is 4. The summed E-state index contributed by atoms with van der Waals surface area (Å²) < 4.78 is 0. The number of piperidine rings is 1. The van der Waals surface area contributed by atoms with E-state index in [1.54, 1.807) is 12.5 Å². The third kappa shape index (κ3) is 3.01. The van der Waals surface area contributed by atoms with Gasteiger partial charge in [0.25, 0.3) is 0 Å². The average Bonchev–Trinajstić information content (AvgIpc) is 3.23. The molecule has 92 valence electrons. The Bertz CT molecular complexity index is 342. The van der Waals surface area contributed by atoms with Gasteiger partial charge >= 0.3 is 0 Å². The van der Waals surface area contributed by atoms with E-state index in [2.05, 4.69) is 20.2 Å². The Morgan fingerprint density at radius 3 is 2.71 bits per heavy atom. The molecule has 17 heavy (non-hydrogen) atoms. The number of hydrogen-bond acceptors (Lipinski definition) is 4. The normalized spacial score (nSPS) is 22.8. The fraction of sp³-hybridized carbons (Fsp3) is 0.692. The van der Waals surface area contributed by atoms with Crippen molar-refractivity contribution in [1.29, 1.82) is 0 Å². The molecule has 4 nitrogen and oxygen atoms in total. The summed E-state index contributed by atoms with van der Waals surface area (Å²) >= 11 is 0. The summed E-state index contributed by atoms with van der Waals surface area (Å²) in [5, 5.41) is 3.60. The monoisotopic (exact) mass is 232 g/mol. The van der Waals surface area contributed by atoms with Gasteiger partial charge in [-0.15, -0.1) is 0 Å². The summed E-state index contributed by atoms with van der Waals surface area (Å²) in [4.78, 5) is 10.8. The predicted octanol–water partition coefficient (Wildman–Crippen LogP) is 1.19. The third-order valence-corrected chi connectivity index (χ3v) is 3.81. The van der Waals surface area contributed by atoms with Crippen LogP contribution in [0.5, 0.6) is 0 Å². The zero-order valence-corrected chi connectivity index (χ0v) is 10.2. The molecule has 0 amide bonds. The molecule has 1 aliphatic heterocycles. The van der Waals surface area contributed by atoms with E-state index in [1.807, 2.05) is 6.07 Å². The molecule has 1 saturated heterocycles. The summed E-state index contributed by atoms with van der Waals surface area (Å²) in [5.41, 5.74) is 1.09. The zero-order chi connectivity index (χ0) is 11.5. The molecule has 2 heterocycles.